The molecule has 2 aliphatic rings. The van der Waals surface area contributed by atoms with E-state index in [9.17, 15) is 23.2 Å². The molecule has 156 valence electrons. The molecule has 0 aromatic heterocycles. The molecule has 2 unspecified atom stereocenters. The zero-order chi connectivity index (χ0) is 21.3. The van der Waals surface area contributed by atoms with Crippen LogP contribution >= 0.6 is 0 Å². The predicted octanol–water partition coefficient (Wildman–Crippen LogP) is 2.92. The number of benzene rings is 2. The third-order valence-electron chi connectivity index (χ3n) is 5.36. The molecule has 0 saturated carbocycles. The van der Waals surface area contributed by atoms with Crippen LogP contribution in [0.4, 0.5) is 14.5 Å². The molecule has 2 aliphatic heterocycles. The fourth-order valence-corrected chi connectivity index (χ4v) is 3.84. The van der Waals surface area contributed by atoms with Gasteiger partial charge in [-0.2, -0.15) is 0 Å². The van der Waals surface area contributed by atoms with Crippen LogP contribution in [0.1, 0.15) is 29.6 Å². The first-order chi connectivity index (χ1) is 14.4. The molecule has 0 spiro atoms. The molecule has 3 amide bonds. The van der Waals surface area contributed by atoms with Crippen LogP contribution < -0.4 is 4.90 Å². The second-order valence-corrected chi connectivity index (χ2v) is 7.36. The largest absolute Gasteiger partial charge is 0.376 e. The van der Waals surface area contributed by atoms with Crippen molar-refractivity contribution in [1.82, 2.24) is 4.90 Å². The Morgan fingerprint density at radius 2 is 1.67 bits per heavy atom. The van der Waals surface area contributed by atoms with Gasteiger partial charge in [-0.15, -0.1) is 0 Å². The van der Waals surface area contributed by atoms with E-state index in [0.29, 0.717) is 6.61 Å². The Morgan fingerprint density at radius 1 is 1.03 bits per heavy atom. The molecule has 6 nitrogen and oxygen atoms in total. The molecule has 0 N–H and O–H groups in total. The van der Waals surface area contributed by atoms with Crippen molar-refractivity contribution in [3.8, 4) is 0 Å². The molecule has 2 aromatic rings. The average molecular weight is 414 g/mol. The Labute approximate surface area is 172 Å². The van der Waals surface area contributed by atoms with Gasteiger partial charge in [-0.05, 0) is 61.4 Å². The van der Waals surface area contributed by atoms with Gasteiger partial charge in [0.25, 0.3) is 11.8 Å². The van der Waals surface area contributed by atoms with Gasteiger partial charge in [0.05, 0.1) is 18.2 Å². The van der Waals surface area contributed by atoms with Gasteiger partial charge in [-0.25, -0.2) is 13.7 Å². The molecular formula is C22H20F2N2O4. The van der Waals surface area contributed by atoms with Gasteiger partial charge in [0, 0.05) is 18.7 Å². The lowest BCUT2D eigenvalue weighted by molar-refractivity contribution is -0.122. The van der Waals surface area contributed by atoms with E-state index >= 15 is 0 Å². The summed E-state index contributed by atoms with van der Waals surface area (Å²) in [7, 11) is 0. The van der Waals surface area contributed by atoms with Crippen LogP contribution in [0.5, 0.6) is 0 Å². The zero-order valence-electron chi connectivity index (χ0n) is 16.1. The number of halogens is 2. The van der Waals surface area contributed by atoms with Gasteiger partial charge < -0.3 is 9.64 Å². The highest BCUT2D eigenvalue weighted by Crippen LogP contribution is 2.28. The van der Waals surface area contributed by atoms with E-state index in [2.05, 4.69) is 0 Å². The number of ether oxygens (including phenoxy) is 1. The summed E-state index contributed by atoms with van der Waals surface area (Å²) in [6.45, 7) is 0.722. The number of amides is 3. The van der Waals surface area contributed by atoms with Gasteiger partial charge in [0.1, 0.15) is 17.7 Å². The molecule has 4 rings (SSSR count). The van der Waals surface area contributed by atoms with Crippen molar-refractivity contribution in [2.45, 2.75) is 31.4 Å². The number of rotatable bonds is 5. The fraction of sp³-hybridized carbons (Fsp3) is 0.318. The minimum absolute atomic E-state index is 0.150. The summed E-state index contributed by atoms with van der Waals surface area (Å²) in [6.07, 6.45) is 1.17. The number of carbonyl (C=O) groups is 3. The minimum Gasteiger partial charge on any atom is -0.376 e. The molecule has 2 fully saturated rings. The second kappa shape index (κ2) is 8.31. The van der Waals surface area contributed by atoms with Gasteiger partial charge >= 0.3 is 0 Å². The van der Waals surface area contributed by atoms with Crippen molar-refractivity contribution < 1.29 is 27.9 Å². The fourth-order valence-electron chi connectivity index (χ4n) is 3.84. The van der Waals surface area contributed by atoms with Gasteiger partial charge in [0.15, 0.2) is 0 Å². The normalized spacial score (nSPS) is 21.3. The van der Waals surface area contributed by atoms with Gasteiger partial charge in [0.2, 0.25) is 5.91 Å². The summed E-state index contributed by atoms with van der Waals surface area (Å²) in [5, 5.41) is 0. The van der Waals surface area contributed by atoms with Crippen LogP contribution in [0.15, 0.2) is 48.5 Å². The molecule has 2 heterocycles. The summed E-state index contributed by atoms with van der Waals surface area (Å²) in [4.78, 5) is 41.2. The highest BCUT2D eigenvalue weighted by Gasteiger charge is 2.45. The lowest BCUT2D eigenvalue weighted by Crippen LogP contribution is -2.48. The van der Waals surface area contributed by atoms with Gasteiger partial charge in [-0.3, -0.25) is 14.4 Å². The van der Waals surface area contributed by atoms with Crippen molar-refractivity contribution >= 4 is 23.4 Å². The maximum absolute atomic E-state index is 13.3. The topological polar surface area (TPSA) is 66.9 Å². The lowest BCUT2D eigenvalue weighted by atomic mass is 10.1. The number of hydrogen-bond acceptors (Lipinski definition) is 4. The monoisotopic (exact) mass is 414 g/mol. The van der Waals surface area contributed by atoms with Crippen LogP contribution in [0.3, 0.4) is 0 Å². The summed E-state index contributed by atoms with van der Waals surface area (Å²) < 4.78 is 32.2. The molecule has 0 radical (unpaired) electrons. The Kier molecular flexibility index (Phi) is 5.59. The van der Waals surface area contributed by atoms with Crippen LogP contribution in [0.2, 0.25) is 0 Å². The Hall–Kier alpha value is -3.13. The molecule has 2 atom stereocenters. The first kappa shape index (κ1) is 20.2. The Morgan fingerprint density at radius 3 is 2.27 bits per heavy atom. The number of nitrogens with zero attached hydrogens (tertiary/aromatic N) is 2. The number of imide groups is 1. The quantitative estimate of drug-likeness (QED) is 0.706. The van der Waals surface area contributed by atoms with Crippen molar-refractivity contribution in [1.29, 1.82) is 0 Å². The molecular weight excluding hydrogens is 394 g/mol. The van der Waals surface area contributed by atoms with Crippen LogP contribution in [0, 0.1) is 11.6 Å². The molecule has 2 aromatic carbocycles. The SMILES string of the molecule is O=C1CC(N(CC2CCCO2)C(=O)c2ccc(F)cc2)C(=O)N1c1ccc(F)cc1. The number of anilines is 1. The van der Waals surface area contributed by atoms with Crippen molar-refractivity contribution in [2.75, 3.05) is 18.1 Å². The van der Waals surface area contributed by atoms with Crippen molar-refractivity contribution in [3.63, 3.8) is 0 Å². The van der Waals surface area contributed by atoms with E-state index in [1.807, 2.05) is 0 Å². The highest BCUT2D eigenvalue weighted by atomic mass is 19.1. The summed E-state index contributed by atoms with van der Waals surface area (Å²) in [5.41, 5.74) is 0.468. The maximum Gasteiger partial charge on any atom is 0.257 e. The van der Waals surface area contributed by atoms with E-state index in [1.54, 1.807) is 0 Å². The van der Waals surface area contributed by atoms with E-state index in [1.165, 1.54) is 41.3 Å². The Bertz CT molecular complexity index is 956. The third kappa shape index (κ3) is 3.95. The molecule has 0 bridgehead atoms. The van der Waals surface area contributed by atoms with Gasteiger partial charge in [-0.1, -0.05) is 0 Å². The smallest absolute Gasteiger partial charge is 0.257 e. The number of carbonyl (C=O) groups excluding carboxylic acids is 3. The van der Waals surface area contributed by atoms with Crippen LogP contribution in [-0.4, -0.2) is 47.9 Å². The molecule has 0 aliphatic carbocycles. The van der Waals surface area contributed by atoms with Crippen molar-refractivity contribution in [3.05, 3.63) is 65.7 Å². The summed E-state index contributed by atoms with van der Waals surface area (Å²) >= 11 is 0. The first-order valence-corrected chi connectivity index (χ1v) is 9.74. The standard InChI is InChI=1S/C22H20F2N2O4/c23-15-5-3-14(4-6-15)21(28)25(13-18-2-1-11-30-18)19-12-20(27)26(22(19)29)17-9-7-16(24)8-10-17/h3-10,18-19H,1-2,11-13H2. The van der Waals surface area contributed by atoms with Crippen LogP contribution in [0.25, 0.3) is 0 Å². The molecule has 30 heavy (non-hydrogen) atoms. The van der Waals surface area contributed by atoms with E-state index in [4.69, 9.17) is 4.74 Å². The highest BCUT2D eigenvalue weighted by molar-refractivity contribution is 6.23. The van der Waals surface area contributed by atoms with Crippen molar-refractivity contribution in [2.24, 2.45) is 0 Å². The first-order valence-electron chi connectivity index (χ1n) is 9.74. The third-order valence-corrected chi connectivity index (χ3v) is 5.36. The van der Waals surface area contributed by atoms with E-state index in [-0.39, 0.29) is 30.3 Å². The number of hydrogen-bond donors (Lipinski definition) is 0. The zero-order valence-corrected chi connectivity index (χ0v) is 16.1. The second-order valence-electron chi connectivity index (χ2n) is 7.36. The van der Waals surface area contributed by atoms with E-state index in [0.717, 1.165) is 29.9 Å². The maximum atomic E-state index is 13.3. The molecule has 2 saturated heterocycles. The van der Waals surface area contributed by atoms with E-state index < -0.39 is 35.4 Å². The van der Waals surface area contributed by atoms with Crippen LogP contribution in [-0.2, 0) is 14.3 Å². The summed E-state index contributed by atoms with van der Waals surface area (Å²) in [6, 6.07) is 9.05. The average Bonchev–Trinajstić information content (AvgIpc) is 3.35. The minimum atomic E-state index is -1.01. The Balaban J connectivity index is 1.63. The molecule has 8 heteroatoms. The summed E-state index contributed by atoms with van der Waals surface area (Å²) in [5.74, 6) is -2.47. The predicted molar refractivity (Wildman–Crippen MR) is 104 cm³/mol. The lowest BCUT2D eigenvalue weighted by Gasteiger charge is -2.30.